The summed E-state index contributed by atoms with van der Waals surface area (Å²) in [6, 6.07) is 0.0448. The number of hydrogen-bond acceptors (Lipinski definition) is 4. The molecule has 2 N–H and O–H groups in total. The number of hydrogen-bond donors (Lipinski definition) is 2. The lowest BCUT2D eigenvalue weighted by Crippen LogP contribution is -2.46. The van der Waals surface area contributed by atoms with E-state index in [1.54, 1.807) is 0 Å². The van der Waals surface area contributed by atoms with Crippen LogP contribution in [0.1, 0.15) is 39.0 Å². The Labute approximate surface area is 104 Å². The monoisotopic (exact) mass is 261 g/mol. The molecule has 2 fully saturated rings. The zero-order valence-electron chi connectivity index (χ0n) is 10.5. The van der Waals surface area contributed by atoms with Crippen molar-refractivity contribution in [2.45, 2.75) is 50.7 Å². The first kappa shape index (κ1) is 13.3. The maximum atomic E-state index is 11.3. The first-order valence-electron chi connectivity index (χ1n) is 6.55. The molecule has 17 heavy (non-hydrogen) atoms. The molecular formula is C12H23NO3S. The lowest BCUT2D eigenvalue weighted by Gasteiger charge is -2.35. The van der Waals surface area contributed by atoms with Crippen LogP contribution in [0.25, 0.3) is 0 Å². The van der Waals surface area contributed by atoms with Gasteiger partial charge in [-0.25, -0.2) is 8.42 Å². The highest BCUT2D eigenvalue weighted by Crippen LogP contribution is 2.31. The van der Waals surface area contributed by atoms with Gasteiger partial charge < -0.3 is 10.4 Å². The molecule has 0 radical (unpaired) electrons. The molecule has 2 rings (SSSR count). The van der Waals surface area contributed by atoms with E-state index >= 15 is 0 Å². The lowest BCUT2D eigenvalue weighted by atomic mass is 9.79. The largest absolute Gasteiger partial charge is 0.389 e. The molecule has 5 heteroatoms. The van der Waals surface area contributed by atoms with E-state index in [2.05, 4.69) is 12.2 Å². The molecule has 2 aliphatic rings. The molecule has 0 aromatic carbocycles. The summed E-state index contributed by atoms with van der Waals surface area (Å²) >= 11 is 0. The summed E-state index contributed by atoms with van der Waals surface area (Å²) in [6.45, 7) is 2.76. The second-order valence-corrected chi connectivity index (χ2v) is 8.12. The standard InChI is InChI=1S/C12H23NO3S/c1-10-2-5-12(14,6-3-10)9-13-11-4-7-17(15,16)8-11/h10-11,13-14H,2-9H2,1H3. The maximum absolute atomic E-state index is 11.3. The molecule has 0 bridgehead atoms. The van der Waals surface area contributed by atoms with E-state index in [1.807, 2.05) is 0 Å². The predicted octanol–water partition coefficient (Wildman–Crippen LogP) is 0.704. The van der Waals surface area contributed by atoms with E-state index in [4.69, 9.17) is 0 Å². The molecule has 0 amide bonds. The quantitative estimate of drug-likeness (QED) is 0.785. The maximum Gasteiger partial charge on any atom is 0.151 e. The molecule has 1 saturated heterocycles. The third-order valence-electron chi connectivity index (χ3n) is 4.16. The van der Waals surface area contributed by atoms with Gasteiger partial charge in [0, 0.05) is 12.6 Å². The minimum atomic E-state index is -2.82. The summed E-state index contributed by atoms with van der Waals surface area (Å²) in [5.41, 5.74) is -0.612. The lowest BCUT2D eigenvalue weighted by molar-refractivity contribution is -0.00763. The number of nitrogens with one attached hydrogen (secondary N) is 1. The summed E-state index contributed by atoms with van der Waals surface area (Å²) < 4.78 is 22.6. The van der Waals surface area contributed by atoms with Crippen LogP contribution < -0.4 is 5.32 Å². The molecule has 1 aliphatic carbocycles. The molecule has 0 spiro atoms. The second kappa shape index (κ2) is 4.86. The van der Waals surface area contributed by atoms with Crippen molar-refractivity contribution in [3.05, 3.63) is 0 Å². The van der Waals surface area contributed by atoms with Crippen LogP contribution in [-0.4, -0.2) is 43.2 Å². The Morgan fingerprint density at radius 2 is 1.94 bits per heavy atom. The molecule has 0 aromatic heterocycles. The second-order valence-electron chi connectivity index (χ2n) is 5.89. The van der Waals surface area contributed by atoms with Gasteiger partial charge in [0.15, 0.2) is 9.84 Å². The van der Waals surface area contributed by atoms with E-state index in [0.717, 1.165) is 25.7 Å². The van der Waals surface area contributed by atoms with Crippen LogP contribution in [0.3, 0.4) is 0 Å². The average Bonchev–Trinajstić information content (AvgIpc) is 2.61. The van der Waals surface area contributed by atoms with Gasteiger partial charge in [0.2, 0.25) is 0 Å². The Balaban J connectivity index is 1.78. The Morgan fingerprint density at radius 3 is 2.47 bits per heavy atom. The van der Waals surface area contributed by atoms with Crippen molar-refractivity contribution in [3.63, 3.8) is 0 Å². The summed E-state index contributed by atoms with van der Waals surface area (Å²) in [4.78, 5) is 0. The van der Waals surface area contributed by atoms with E-state index in [-0.39, 0.29) is 11.8 Å². The topological polar surface area (TPSA) is 66.4 Å². The minimum Gasteiger partial charge on any atom is -0.389 e. The van der Waals surface area contributed by atoms with Crippen molar-refractivity contribution in [3.8, 4) is 0 Å². The zero-order valence-corrected chi connectivity index (χ0v) is 11.3. The van der Waals surface area contributed by atoms with Crippen LogP contribution in [0.5, 0.6) is 0 Å². The van der Waals surface area contributed by atoms with Crippen molar-refractivity contribution in [1.82, 2.24) is 5.32 Å². The van der Waals surface area contributed by atoms with Crippen LogP contribution in [0.2, 0.25) is 0 Å². The zero-order chi connectivity index (χ0) is 12.5. The first-order valence-corrected chi connectivity index (χ1v) is 8.37. The Morgan fingerprint density at radius 1 is 1.29 bits per heavy atom. The number of aliphatic hydroxyl groups is 1. The van der Waals surface area contributed by atoms with Gasteiger partial charge in [-0.15, -0.1) is 0 Å². The summed E-state index contributed by atoms with van der Waals surface area (Å²) in [6.07, 6.45) is 4.50. The van der Waals surface area contributed by atoms with Crippen LogP contribution in [-0.2, 0) is 9.84 Å². The molecule has 1 unspecified atom stereocenters. The fraction of sp³-hybridized carbons (Fsp3) is 1.00. The highest BCUT2D eigenvalue weighted by atomic mass is 32.2. The third kappa shape index (κ3) is 3.66. The summed E-state index contributed by atoms with van der Waals surface area (Å²) in [5.74, 6) is 1.24. The van der Waals surface area contributed by atoms with Gasteiger partial charge in [-0.1, -0.05) is 6.92 Å². The molecule has 1 atom stereocenters. The van der Waals surface area contributed by atoms with Crippen molar-refractivity contribution in [1.29, 1.82) is 0 Å². The molecule has 1 saturated carbocycles. The highest BCUT2D eigenvalue weighted by molar-refractivity contribution is 7.91. The van der Waals surface area contributed by atoms with Crippen molar-refractivity contribution in [2.75, 3.05) is 18.1 Å². The van der Waals surface area contributed by atoms with Gasteiger partial charge in [-0.2, -0.15) is 0 Å². The SMILES string of the molecule is CC1CCC(O)(CNC2CCS(=O)(=O)C2)CC1. The summed E-state index contributed by atoms with van der Waals surface area (Å²) in [7, 11) is -2.82. The molecule has 1 heterocycles. The van der Waals surface area contributed by atoms with Crippen LogP contribution >= 0.6 is 0 Å². The first-order chi connectivity index (χ1) is 7.89. The van der Waals surface area contributed by atoms with Crippen LogP contribution in [0.4, 0.5) is 0 Å². The molecule has 0 aromatic rings. The van der Waals surface area contributed by atoms with Crippen molar-refractivity contribution < 1.29 is 13.5 Å². The predicted molar refractivity (Wildman–Crippen MR) is 67.6 cm³/mol. The average molecular weight is 261 g/mol. The minimum absolute atomic E-state index is 0.0448. The van der Waals surface area contributed by atoms with Crippen molar-refractivity contribution in [2.24, 2.45) is 5.92 Å². The molecule has 1 aliphatic heterocycles. The van der Waals surface area contributed by atoms with Gasteiger partial charge >= 0.3 is 0 Å². The Hall–Kier alpha value is -0.130. The van der Waals surface area contributed by atoms with Gasteiger partial charge in [0.05, 0.1) is 17.1 Å². The highest BCUT2D eigenvalue weighted by Gasteiger charge is 2.34. The van der Waals surface area contributed by atoms with E-state index in [0.29, 0.717) is 24.6 Å². The van der Waals surface area contributed by atoms with Crippen LogP contribution in [0, 0.1) is 5.92 Å². The van der Waals surface area contributed by atoms with Crippen LogP contribution in [0.15, 0.2) is 0 Å². The van der Waals surface area contributed by atoms with Crippen molar-refractivity contribution >= 4 is 9.84 Å². The van der Waals surface area contributed by atoms with E-state index < -0.39 is 15.4 Å². The van der Waals surface area contributed by atoms with E-state index in [9.17, 15) is 13.5 Å². The van der Waals surface area contributed by atoms with Gasteiger partial charge in [-0.05, 0) is 38.0 Å². The van der Waals surface area contributed by atoms with Gasteiger partial charge in [0.1, 0.15) is 0 Å². The third-order valence-corrected chi connectivity index (χ3v) is 5.93. The Bertz CT molecular complexity index is 358. The number of rotatable bonds is 3. The summed E-state index contributed by atoms with van der Waals surface area (Å²) in [5, 5.41) is 13.6. The van der Waals surface area contributed by atoms with Gasteiger partial charge in [-0.3, -0.25) is 0 Å². The fourth-order valence-electron chi connectivity index (χ4n) is 2.77. The number of sulfone groups is 1. The molecule has 100 valence electrons. The molecule has 4 nitrogen and oxygen atoms in total. The molecular weight excluding hydrogens is 238 g/mol. The van der Waals surface area contributed by atoms with E-state index in [1.165, 1.54) is 0 Å². The van der Waals surface area contributed by atoms with Gasteiger partial charge in [0.25, 0.3) is 0 Å². The normalized spacial score (nSPS) is 41.5. The fourth-order valence-corrected chi connectivity index (χ4v) is 4.47. The Kier molecular flexibility index (Phi) is 3.80. The smallest absolute Gasteiger partial charge is 0.151 e.